The standard InChI is InChI=1S/C17H14O5/c1-20-12-7-8-13-14(9-12)17(22-15(13)16(18)19)21-10-11-5-3-2-4-6-11/h2-9H,10H2,1H3,(H,18,19). The van der Waals surface area contributed by atoms with Crippen molar-refractivity contribution in [2.45, 2.75) is 6.61 Å². The predicted molar refractivity (Wildman–Crippen MR) is 80.5 cm³/mol. The molecule has 0 saturated heterocycles. The van der Waals surface area contributed by atoms with Crippen LogP contribution in [0.2, 0.25) is 0 Å². The average molecular weight is 298 g/mol. The number of carboxylic acids is 1. The van der Waals surface area contributed by atoms with E-state index >= 15 is 0 Å². The van der Waals surface area contributed by atoms with Gasteiger partial charge in [0.25, 0.3) is 5.95 Å². The van der Waals surface area contributed by atoms with Gasteiger partial charge in [-0.05, 0) is 23.8 Å². The van der Waals surface area contributed by atoms with E-state index in [-0.39, 0.29) is 11.7 Å². The highest BCUT2D eigenvalue weighted by molar-refractivity contribution is 6.03. The summed E-state index contributed by atoms with van der Waals surface area (Å²) < 4.78 is 16.2. The number of methoxy groups -OCH3 is 1. The minimum Gasteiger partial charge on any atom is -0.497 e. The molecule has 0 aliphatic heterocycles. The monoisotopic (exact) mass is 298 g/mol. The van der Waals surface area contributed by atoms with Gasteiger partial charge in [0, 0.05) is 5.39 Å². The number of hydrogen-bond donors (Lipinski definition) is 1. The summed E-state index contributed by atoms with van der Waals surface area (Å²) in [5, 5.41) is 10.3. The van der Waals surface area contributed by atoms with Crippen LogP contribution in [0.3, 0.4) is 0 Å². The highest BCUT2D eigenvalue weighted by Crippen LogP contribution is 2.35. The first-order valence-corrected chi connectivity index (χ1v) is 6.69. The predicted octanol–water partition coefficient (Wildman–Crippen LogP) is 3.72. The second-order valence-electron chi connectivity index (χ2n) is 4.71. The number of hydrogen-bond acceptors (Lipinski definition) is 4. The van der Waals surface area contributed by atoms with Crippen LogP contribution in [0.15, 0.2) is 52.9 Å². The van der Waals surface area contributed by atoms with Crippen LogP contribution in [0.5, 0.6) is 11.7 Å². The molecule has 3 aromatic rings. The summed E-state index contributed by atoms with van der Waals surface area (Å²) >= 11 is 0. The van der Waals surface area contributed by atoms with E-state index in [9.17, 15) is 9.90 Å². The Kier molecular flexibility index (Phi) is 3.70. The van der Waals surface area contributed by atoms with E-state index in [1.807, 2.05) is 30.3 Å². The Morgan fingerprint density at radius 1 is 1.14 bits per heavy atom. The summed E-state index contributed by atoms with van der Waals surface area (Å²) in [6, 6.07) is 14.6. The average Bonchev–Trinajstić information content (AvgIpc) is 2.92. The fraction of sp³-hybridized carbons (Fsp3) is 0.118. The van der Waals surface area contributed by atoms with E-state index in [4.69, 9.17) is 13.9 Å². The minimum atomic E-state index is -1.13. The first-order valence-electron chi connectivity index (χ1n) is 6.69. The molecular formula is C17H14O5. The molecule has 2 aromatic carbocycles. The molecule has 1 aromatic heterocycles. The molecule has 0 atom stereocenters. The van der Waals surface area contributed by atoms with Crippen LogP contribution in [0.1, 0.15) is 16.1 Å². The molecule has 5 heteroatoms. The number of furan rings is 1. The van der Waals surface area contributed by atoms with Crippen molar-refractivity contribution in [3.05, 3.63) is 59.9 Å². The molecule has 1 heterocycles. The Labute approximate surface area is 126 Å². The Morgan fingerprint density at radius 2 is 1.91 bits per heavy atom. The van der Waals surface area contributed by atoms with Crippen molar-refractivity contribution in [2.24, 2.45) is 0 Å². The molecule has 0 aliphatic rings. The molecule has 0 saturated carbocycles. The van der Waals surface area contributed by atoms with E-state index in [1.54, 1.807) is 25.3 Å². The largest absolute Gasteiger partial charge is 0.497 e. The minimum absolute atomic E-state index is 0.138. The van der Waals surface area contributed by atoms with Crippen molar-refractivity contribution in [2.75, 3.05) is 7.11 Å². The molecular weight excluding hydrogens is 284 g/mol. The highest BCUT2D eigenvalue weighted by Gasteiger charge is 2.20. The van der Waals surface area contributed by atoms with Crippen molar-refractivity contribution in [1.29, 1.82) is 0 Å². The number of carboxylic acid groups (broad SMARTS) is 1. The molecule has 112 valence electrons. The molecule has 0 amide bonds. The van der Waals surface area contributed by atoms with Gasteiger partial charge in [-0.25, -0.2) is 4.79 Å². The van der Waals surface area contributed by atoms with E-state index in [2.05, 4.69) is 0 Å². The van der Waals surface area contributed by atoms with Crippen molar-refractivity contribution in [1.82, 2.24) is 0 Å². The molecule has 0 aliphatic carbocycles. The third-order valence-corrected chi connectivity index (χ3v) is 3.29. The molecule has 3 rings (SSSR count). The lowest BCUT2D eigenvalue weighted by Gasteiger charge is -2.04. The molecule has 22 heavy (non-hydrogen) atoms. The lowest BCUT2D eigenvalue weighted by Crippen LogP contribution is -1.95. The molecule has 0 bridgehead atoms. The maximum Gasteiger partial charge on any atom is 0.372 e. The lowest BCUT2D eigenvalue weighted by molar-refractivity contribution is 0.0656. The van der Waals surface area contributed by atoms with Crippen molar-refractivity contribution >= 4 is 16.7 Å². The number of fused-ring (bicyclic) bond motifs is 1. The van der Waals surface area contributed by atoms with Gasteiger partial charge < -0.3 is 19.0 Å². The zero-order valence-corrected chi connectivity index (χ0v) is 11.9. The van der Waals surface area contributed by atoms with Crippen molar-refractivity contribution in [3.8, 4) is 11.7 Å². The van der Waals surface area contributed by atoms with E-state index in [0.717, 1.165) is 5.56 Å². The van der Waals surface area contributed by atoms with Crippen molar-refractivity contribution in [3.63, 3.8) is 0 Å². The number of ether oxygens (including phenoxy) is 2. The van der Waals surface area contributed by atoms with Gasteiger partial charge in [0.05, 0.1) is 12.5 Å². The second-order valence-corrected chi connectivity index (χ2v) is 4.71. The first-order chi connectivity index (χ1) is 10.7. The summed E-state index contributed by atoms with van der Waals surface area (Å²) in [5.41, 5.74) is 0.965. The third-order valence-electron chi connectivity index (χ3n) is 3.29. The maximum atomic E-state index is 11.3. The van der Waals surface area contributed by atoms with E-state index in [0.29, 0.717) is 23.1 Å². The maximum absolute atomic E-state index is 11.3. The normalized spacial score (nSPS) is 10.6. The van der Waals surface area contributed by atoms with Crippen LogP contribution in [-0.4, -0.2) is 18.2 Å². The van der Waals surface area contributed by atoms with Crippen LogP contribution in [0.4, 0.5) is 0 Å². The Morgan fingerprint density at radius 3 is 2.59 bits per heavy atom. The molecule has 1 N–H and O–H groups in total. The Balaban J connectivity index is 1.98. The Bertz CT molecular complexity index is 805. The number of carbonyl (C=O) groups is 1. The summed E-state index contributed by atoms with van der Waals surface area (Å²) in [5.74, 6) is -0.490. The van der Waals surface area contributed by atoms with Gasteiger partial charge in [0.2, 0.25) is 5.76 Å². The highest BCUT2D eigenvalue weighted by atomic mass is 16.6. The van der Waals surface area contributed by atoms with Gasteiger partial charge in [-0.2, -0.15) is 0 Å². The van der Waals surface area contributed by atoms with Gasteiger partial charge in [-0.1, -0.05) is 30.3 Å². The molecule has 0 radical (unpaired) electrons. The third kappa shape index (κ3) is 2.61. The first kappa shape index (κ1) is 14.0. The smallest absolute Gasteiger partial charge is 0.372 e. The number of aromatic carboxylic acids is 1. The van der Waals surface area contributed by atoms with Gasteiger partial charge in [0.1, 0.15) is 12.4 Å². The fourth-order valence-electron chi connectivity index (χ4n) is 2.21. The summed E-state index contributed by atoms with van der Waals surface area (Å²) in [7, 11) is 1.55. The van der Waals surface area contributed by atoms with E-state index in [1.165, 1.54) is 0 Å². The van der Waals surface area contributed by atoms with Crippen LogP contribution in [0, 0.1) is 0 Å². The molecule has 0 unspecified atom stereocenters. The van der Waals surface area contributed by atoms with Crippen molar-refractivity contribution < 1.29 is 23.8 Å². The zero-order valence-electron chi connectivity index (χ0n) is 11.9. The zero-order chi connectivity index (χ0) is 15.5. The topological polar surface area (TPSA) is 68.9 Å². The molecule has 0 spiro atoms. The molecule has 0 fully saturated rings. The van der Waals surface area contributed by atoms with Gasteiger partial charge in [-0.3, -0.25) is 0 Å². The molecule has 5 nitrogen and oxygen atoms in total. The van der Waals surface area contributed by atoms with Crippen LogP contribution in [0.25, 0.3) is 10.8 Å². The van der Waals surface area contributed by atoms with Crippen LogP contribution in [-0.2, 0) is 6.61 Å². The quantitative estimate of drug-likeness (QED) is 0.777. The van der Waals surface area contributed by atoms with Gasteiger partial charge in [-0.15, -0.1) is 0 Å². The van der Waals surface area contributed by atoms with Gasteiger partial charge >= 0.3 is 5.97 Å². The second kappa shape index (κ2) is 5.81. The summed E-state index contributed by atoms with van der Waals surface area (Å²) in [6.07, 6.45) is 0. The number of rotatable bonds is 5. The fourth-order valence-corrected chi connectivity index (χ4v) is 2.21. The van der Waals surface area contributed by atoms with E-state index < -0.39 is 5.97 Å². The lowest BCUT2D eigenvalue weighted by atomic mass is 10.1. The number of benzene rings is 2. The van der Waals surface area contributed by atoms with Crippen LogP contribution >= 0.6 is 0 Å². The summed E-state index contributed by atoms with van der Waals surface area (Å²) in [6.45, 7) is 0.291. The summed E-state index contributed by atoms with van der Waals surface area (Å²) in [4.78, 5) is 11.3. The van der Waals surface area contributed by atoms with Gasteiger partial charge in [0.15, 0.2) is 0 Å². The Hall–Kier alpha value is -2.95. The van der Waals surface area contributed by atoms with Crippen LogP contribution < -0.4 is 9.47 Å². The SMILES string of the molecule is COc1ccc2c(C(=O)O)oc(OCc3ccccc3)c2c1.